The van der Waals surface area contributed by atoms with E-state index in [1.807, 2.05) is 0 Å². The Balaban J connectivity index is 0.00000144. The molecule has 0 aromatic heterocycles. The molecule has 1 heterocycles. The van der Waals surface area contributed by atoms with Crippen molar-refractivity contribution in [3.05, 3.63) is 35.1 Å². The molecule has 0 radical (unpaired) electrons. The second-order valence-electron chi connectivity index (χ2n) is 3.40. The zero-order valence-corrected chi connectivity index (χ0v) is 9.32. The molecule has 1 amide bonds. The summed E-state index contributed by atoms with van der Waals surface area (Å²) in [4.78, 5) is 10.9. The number of carbonyl (C=O) groups is 1. The van der Waals surface area contributed by atoms with Crippen LogP contribution in [0.3, 0.4) is 0 Å². The molecule has 94 valence electrons. The molecule has 7 heteroatoms. The van der Waals surface area contributed by atoms with Gasteiger partial charge in [-0.05, 0) is 0 Å². The summed E-state index contributed by atoms with van der Waals surface area (Å²) in [6.45, 7) is 0.0761. The molecule has 0 bridgehead atoms. The van der Waals surface area contributed by atoms with Gasteiger partial charge in [0.15, 0.2) is 0 Å². The molecule has 1 aromatic carbocycles. The van der Waals surface area contributed by atoms with Crippen LogP contribution >= 0.6 is 12.4 Å². The summed E-state index contributed by atoms with van der Waals surface area (Å²) in [7, 11) is 0. The van der Waals surface area contributed by atoms with Crippen molar-refractivity contribution in [1.82, 2.24) is 5.32 Å². The largest absolute Gasteiger partial charge is 0.449 e. The van der Waals surface area contributed by atoms with Crippen molar-refractivity contribution in [2.45, 2.75) is 12.5 Å². The molecule has 0 unspecified atom stereocenters. The van der Waals surface area contributed by atoms with Gasteiger partial charge in [0.1, 0.15) is 17.5 Å². The topological polar surface area (TPSA) is 38.3 Å². The molecule has 1 saturated heterocycles. The van der Waals surface area contributed by atoms with Crippen molar-refractivity contribution >= 4 is 18.5 Å². The number of benzene rings is 1. The molecule has 2 rings (SSSR count). The number of carbonyl (C=O) groups excluding carboxylic acids is 1. The van der Waals surface area contributed by atoms with Gasteiger partial charge in [0.25, 0.3) is 0 Å². The standard InChI is InChI=1S/C10H8F3NO2.ClH/c11-5-3-6(12)9(7(13)4-5)8-1-2-16-10(15)14-8;/h3-4,8H,1-2H2,(H,14,15);1H/t8-;/m1./s1. The summed E-state index contributed by atoms with van der Waals surface area (Å²) >= 11 is 0. The number of amides is 1. The molecule has 0 saturated carbocycles. The average Bonchev–Trinajstić information content (AvgIpc) is 2.15. The zero-order chi connectivity index (χ0) is 11.7. The Kier molecular flexibility index (Phi) is 4.22. The van der Waals surface area contributed by atoms with Crippen LogP contribution < -0.4 is 5.32 Å². The first-order valence-corrected chi connectivity index (χ1v) is 4.65. The van der Waals surface area contributed by atoms with Gasteiger partial charge in [0, 0.05) is 24.1 Å². The van der Waals surface area contributed by atoms with Crippen molar-refractivity contribution in [1.29, 1.82) is 0 Å². The summed E-state index contributed by atoms with van der Waals surface area (Å²) in [5.74, 6) is -3.01. The van der Waals surface area contributed by atoms with Crippen LogP contribution in [0, 0.1) is 17.5 Å². The van der Waals surface area contributed by atoms with E-state index in [1.54, 1.807) is 0 Å². The van der Waals surface area contributed by atoms with E-state index in [0.717, 1.165) is 0 Å². The average molecular weight is 268 g/mol. The molecule has 1 aliphatic heterocycles. The van der Waals surface area contributed by atoms with Gasteiger partial charge < -0.3 is 10.1 Å². The fourth-order valence-electron chi connectivity index (χ4n) is 1.63. The highest BCUT2D eigenvalue weighted by molar-refractivity contribution is 5.85. The van der Waals surface area contributed by atoms with Gasteiger partial charge in [-0.15, -0.1) is 12.4 Å². The van der Waals surface area contributed by atoms with Crippen LogP contribution in [0.25, 0.3) is 0 Å². The van der Waals surface area contributed by atoms with Gasteiger partial charge in [-0.1, -0.05) is 0 Å². The predicted molar refractivity (Wildman–Crippen MR) is 55.4 cm³/mol. The summed E-state index contributed by atoms with van der Waals surface area (Å²) < 4.78 is 43.9. The minimum absolute atomic E-state index is 0. The van der Waals surface area contributed by atoms with E-state index in [9.17, 15) is 18.0 Å². The Morgan fingerprint density at radius 2 is 1.82 bits per heavy atom. The third-order valence-corrected chi connectivity index (χ3v) is 2.32. The van der Waals surface area contributed by atoms with Crippen molar-refractivity contribution in [3.8, 4) is 0 Å². The van der Waals surface area contributed by atoms with E-state index in [-0.39, 0.29) is 31.0 Å². The summed E-state index contributed by atoms with van der Waals surface area (Å²) in [6.07, 6.45) is -0.495. The van der Waals surface area contributed by atoms with Crippen LogP contribution in [0.15, 0.2) is 12.1 Å². The Labute approximate surface area is 101 Å². The van der Waals surface area contributed by atoms with Crippen molar-refractivity contribution in [2.24, 2.45) is 0 Å². The van der Waals surface area contributed by atoms with E-state index in [4.69, 9.17) is 0 Å². The third kappa shape index (κ3) is 2.82. The third-order valence-electron chi connectivity index (χ3n) is 2.32. The number of hydrogen-bond donors (Lipinski definition) is 1. The monoisotopic (exact) mass is 267 g/mol. The molecule has 1 aromatic rings. The smallest absolute Gasteiger partial charge is 0.407 e. The molecule has 1 N–H and O–H groups in total. The Morgan fingerprint density at radius 1 is 1.24 bits per heavy atom. The highest BCUT2D eigenvalue weighted by atomic mass is 35.5. The molecule has 3 nitrogen and oxygen atoms in total. The molecule has 1 fully saturated rings. The Bertz CT molecular complexity index is 419. The normalized spacial score (nSPS) is 19.0. The predicted octanol–water partition coefficient (Wildman–Crippen LogP) is 2.70. The second kappa shape index (κ2) is 5.27. The minimum Gasteiger partial charge on any atom is -0.449 e. The number of cyclic esters (lactones) is 1. The van der Waals surface area contributed by atoms with Gasteiger partial charge in [-0.2, -0.15) is 0 Å². The number of rotatable bonds is 1. The zero-order valence-electron chi connectivity index (χ0n) is 8.50. The number of hydrogen-bond acceptors (Lipinski definition) is 2. The van der Waals surface area contributed by atoms with Crippen LogP contribution in [-0.4, -0.2) is 12.7 Å². The van der Waals surface area contributed by atoms with Gasteiger partial charge in [0.2, 0.25) is 0 Å². The van der Waals surface area contributed by atoms with Gasteiger partial charge in [0.05, 0.1) is 12.6 Å². The first-order chi connectivity index (χ1) is 7.58. The lowest BCUT2D eigenvalue weighted by Crippen LogP contribution is -2.36. The fraction of sp³-hybridized carbons (Fsp3) is 0.300. The lowest BCUT2D eigenvalue weighted by atomic mass is 10.0. The number of halogens is 4. The molecular weight excluding hydrogens is 259 g/mol. The summed E-state index contributed by atoms with van der Waals surface area (Å²) in [5, 5.41) is 2.27. The molecule has 0 spiro atoms. The minimum atomic E-state index is -1.01. The number of alkyl carbamates (subject to hydrolysis) is 1. The first-order valence-electron chi connectivity index (χ1n) is 4.65. The Morgan fingerprint density at radius 3 is 2.35 bits per heavy atom. The van der Waals surface area contributed by atoms with E-state index in [1.165, 1.54) is 0 Å². The highest BCUT2D eigenvalue weighted by Crippen LogP contribution is 2.26. The molecule has 1 atom stereocenters. The summed E-state index contributed by atoms with van der Waals surface area (Å²) in [5.41, 5.74) is -0.335. The van der Waals surface area contributed by atoms with Crippen LogP contribution in [0.5, 0.6) is 0 Å². The quantitative estimate of drug-likeness (QED) is 0.850. The molecule has 1 aliphatic rings. The SMILES string of the molecule is Cl.O=C1N[C@@H](c2c(F)cc(F)cc2F)CCO1. The Hall–Kier alpha value is -1.43. The maximum Gasteiger partial charge on any atom is 0.407 e. The van der Waals surface area contributed by atoms with Gasteiger partial charge >= 0.3 is 6.09 Å². The highest BCUT2D eigenvalue weighted by Gasteiger charge is 2.26. The van der Waals surface area contributed by atoms with Crippen LogP contribution in [0.2, 0.25) is 0 Å². The lowest BCUT2D eigenvalue weighted by molar-refractivity contribution is 0.114. The van der Waals surface area contributed by atoms with Crippen LogP contribution in [0.4, 0.5) is 18.0 Å². The van der Waals surface area contributed by atoms with Crippen LogP contribution in [0.1, 0.15) is 18.0 Å². The number of nitrogens with one attached hydrogen (secondary N) is 1. The fourth-order valence-corrected chi connectivity index (χ4v) is 1.63. The van der Waals surface area contributed by atoms with E-state index in [0.29, 0.717) is 12.1 Å². The van der Waals surface area contributed by atoms with Crippen molar-refractivity contribution in [2.75, 3.05) is 6.61 Å². The number of ether oxygens (including phenoxy) is 1. The van der Waals surface area contributed by atoms with E-state index >= 15 is 0 Å². The van der Waals surface area contributed by atoms with Crippen LogP contribution in [-0.2, 0) is 4.74 Å². The van der Waals surface area contributed by atoms with Crippen molar-refractivity contribution in [3.63, 3.8) is 0 Å². The van der Waals surface area contributed by atoms with Crippen molar-refractivity contribution < 1.29 is 22.7 Å². The second-order valence-corrected chi connectivity index (χ2v) is 3.40. The van der Waals surface area contributed by atoms with Gasteiger partial charge in [-0.25, -0.2) is 18.0 Å². The molecule has 17 heavy (non-hydrogen) atoms. The lowest BCUT2D eigenvalue weighted by Gasteiger charge is -2.24. The maximum atomic E-state index is 13.4. The molecule has 0 aliphatic carbocycles. The maximum absolute atomic E-state index is 13.4. The summed E-state index contributed by atoms with van der Waals surface area (Å²) in [6, 6.07) is 0.349. The first kappa shape index (κ1) is 13.6. The van der Waals surface area contributed by atoms with Gasteiger partial charge in [-0.3, -0.25) is 0 Å². The van der Waals surface area contributed by atoms with E-state index < -0.39 is 29.6 Å². The molecular formula is C10H9ClF3NO2. The van der Waals surface area contributed by atoms with E-state index in [2.05, 4.69) is 10.1 Å².